The van der Waals surface area contributed by atoms with Crippen LogP contribution in [0.1, 0.15) is 39.2 Å². The number of rotatable bonds is 9. The predicted octanol–water partition coefficient (Wildman–Crippen LogP) is 4.27. The van der Waals surface area contributed by atoms with E-state index in [0.29, 0.717) is 11.3 Å². The highest BCUT2D eigenvalue weighted by atomic mass is 32.2. The van der Waals surface area contributed by atoms with Crippen LogP contribution in [0.3, 0.4) is 0 Å². The topological polar surface area (TPSA) is 12.0 Å². The summed E-state index contributed by atoms with van der Waals surface area (Å²) in [6.07, 6.45) is 3.33. The average molecular weight is 283 g/mol. The van der Waals surface area contributed by atoms with E-state index in [1.165, 1.54) is 12.0 Å². The summed E-state index contributed by atoms with van der Waals surface area (Å²) in [6, 6.07) is 7.36. The first kappa shape index (κ1) is 16.5. The van der Waals surface area contributed by atoms with Crippen molar-refractivity contribution in [1.29, 1.82) is 0 Å². The van der Waals surface area contributed by atoms with Gasteiger partial charge in [0, 0.05) is 17.0 Å². The van der Waals surface area contributed by atoms with E-state index in [4.69, 9.17) is 0 Å². The molecule has 0 heterocycles. The van der Waals surface area contributed by atoms with Crippen LogP contribution in [0.5, 0.6) is 0 Å². The molecule has 1 N–H and O–H groups in total. The van der Waals surface area contributed by atoms with Gasteiger partial charge in [-0.1, -0.05) is 32.9 Å². The molecule has 0 bridgehead atoms. The largest absolute Gasteiger partial charge is 0.313 e. The van der Waals surface area contributed by atoms with Crippen molar-refractivity contribution in [2.24, 2.45) is 0 Å². The minimum absolute atomic E-state index is 0.157. The highest BCUT2D eigenvalue weighted by molar-refractivity contribution is 7.99. The monoisotopic (exact) mass is 283 g/mol. The molecule has 3 heteroatoms. The molecule has 0 fully saturated rings. The predicted molar refractivity (Wildman–Crippen MR) is 84.4 cm³/mol. The molecule has 1 aromatic carbocycles. The molecule has 2 unspecified atom stereocenters. The minimum atomic E-state index is -0.157. The molecular formula is C16H26FNS. The van der Waals surface area contributed by atoms with Crippen LogP contribution in [0.4, 0.5) is 4.39 Å². The lowest BCUT2D eigenvalue weighted by Gasteiger charge is -2.20. The Morgan fingerprint density at radius 1 is 1.21 bits per heavy atom. The zero-order chi connectivity index (χ0) is 14.1. The summed E-state index contributed by atoms with van der Waals surface area (Å²) in [6.45, 7) is 7.74. The van der Waals surface area contributed by atoms with Crippen LogP contribution in [0.2, 0.25) is 0 Å². The van der Waals surface area contributed by atoms with E-state index in [9.17, 15) is 4.39 Å². The van der Waals surface area contributed by atoms with Crippen LogP contribution in [0, 0.1) is 5.82 Å². The molecule has 0 aliphatic carbocycles. The fourth-order valence-corrected chi connectivity index (χ4v) is 2.87. The van der Waals surface area contributed by atoms with Gasteiger partial charge in [-0.05, 0) is 43.5 Å². The van der Waals surface area contributed by atoms with Crippen molar-refractivity contribution in [2.75, 3.05) is 12.3 Å². The van der Waals surface area contributed by atoms with Crippen LogP contribution in [0.15, 0.2) is 24.3 Å². The lowest BCUT2D eigenvalue weighted by atomic mass is 10.1. The van der Waals surface area contributed by atoms with Gasteiger partial charge in [-0.2, -0.15) is 11.8 Å². The molecule has 0 spiro atoms. The maximum Gasteiger partial charge on any atom is 0.123 e. The van der Waals surface area contributed by atoms with Gasteiger partial charge in [0.05, 0.1) is 0 Å². The second-order valence-electron chi connectivity index (χ2n) is 5.03. The number of thioether (sulfide) groups is 1. The zero-order valence-corrected chi connectivity index (χ0v) is 13.1. The Morgan fingerprint density at radius 3 is 2.47 bits per heavy atom. The first-order chi connectivity index (χ1) is 9.15. The Labute approximate surface area is 121 Å². The van der Waals surface area contributed by atoms with Crippen LogP contribution in [-0.4, -0.2) is 23.6 Å². The molecule has 0 radical (unpaired) electrons. The van der Waals surface area contributed by atoms with E-state index in [1.807, 2.05) is 23.9 Å². The lowest BCUT2D eigenvalue weighted by Crippen LogP contribution is -2.34. The highest BCUT2D eigenvalue weighted by Crippen LogP contribution is 2.16. The van der Waals surface area contributed by atoms with E-state index < -0.39 is 0 Å². The summed E-state index contributed by atoms with van der Waals surface area (Å²) < 4.78 is 12.9. The third-order valence-corrected chi connectivity index (χ3v) is 4.73. The number of benzene rings is 1. The Balaban J connectivity index is 2.50. The second-order valence-corrected chi connectivity index (χ2v) is 6.51. The van der Waals surface area contributed by atoms with Crippen molar-refractivity contribution in [3.63, 3.8) is 0 Å². The normalized spacial score (nSPS) is 14.3. The van der Waals surface area contributed by atoms with E-state index >= 15 is 0 Å². The quantitative estimate of drug-likeness (QED) is 0.726. The van der Waals surface area contributed by atoms with E-state index in [0.717, 1.165) is 25.1 Å². The van der Waals surface area contributed by atoms with Crippen molar-refractivity contribution in [3.05, 3.63) is 35.6 Å². The molecule has 0 aliphatic heterocycles. The standard InChI is InChI=1S/C16H26FNS/c1-4-10-18-16(12-19-13(3)5-2)11-14-6-8-15(17)9-7-14/h6-9,13,16,18H,4-5,10-12H2,1-3H3. The third-order valence-electron chi connectivity index (χ3n) is 3.24. The maximum absolute atomic E-state index is 12.9. The molecule has 0 saturated carbocycles. The van der Waals surface area contributed by atoms with Gasteiger partial charge in [0.2, 0.25) is 0 Å². The Morgan fingerprint density at radius 2 is 1.89 bits per heavy atom. The molecular weight excluding hydrogens is 257 g/mol. The Bertz CT molecular complexity index is 339. The summed E-state index contributed by atoms with van der Waals surface area (Å²) in [4.78, 5) is 0. The number of nitrogens with one attached hydrogen (secondary N) is 1. The van der Waals surface area contributed by atoms with Crippen molar-refractivity contribution in [3.8, 4) is 0 Å². The molecule has 1 nitrogen and oxygen atoms in total. The van der Waals surface area contributed by atoms with Gasteiger partial charge in [-0.15, -0.1) is 0 Å². The van der Waals surface area contributed by atoms with Crippen molar-refractivity contribution in [1.82, 2.24) is 5.32 Å². The highest BCUT2D eigenvalue weighted by Gasteiger charge is 2.11. The molecule has 2 atom stereocenters. The van der Waals surface area contributed by atoms with E-state index in [-0.39, 0.29) is 5.82 Å². The SMILES string of the molecule is CCCNC(CSC(C)CC)Cc1ccc(F)cc1. The summed E-state index contributed by atoms with van der Waals surface area (Å²) >= 11 is 2.02. The fraction of sp³-hybridized carbons (Fsp3) is 0.625. The molecule has 0 amide bonds. The molecule has 19 heavy (non-hydrogen) atoms. The van der Waals surface area contributed by atoms with Gasteiger partial charge in [-0.25, -0.2) is 4.39 Å². The summed E-state index contributed by atoms with van der Waals surface area (Å²) in [7, 11) is 0. The summed E-state index contributed by atoms with van der Waals surface area (Å²) in [5.74, 6) is 0.961. The maximum atomic E-state index is 12.9. The molecule has 0 aliphatic rings. The van der Waals surface area contributed by atoms with Crippen LogP contribution in [-0.2, 0) is 6.42 Å². The van der Waals surface area contributed by atoms with Gasteiger partial charge in [-0.3, -0.25) is 0 Å². The van der Waals surface area contributed by atoms with Gasteiger partial charge >= 0.3 is 0 Å². The van der Waals surface area contributed by atoms with Gasteiger partial charge in [0.15, 0.2) is 0 Å². The molecule has 0 saturated heterocycles. The average Bonchev–Trinajstić information content (AvgIpc) is 2.43. The van der Waals surface area contributed by atoms with E-state index in [2.05, 4.69) is 26.1 Å². The first-order valence-corrected chi connectivity index (χ1v) is 8.30. The second kappa shape index (κ2) is 9.38. The zero-order valence-electron chi connectivity index (χ0n) is 12.3. The Kier molecular flexibility index (Phi) is 8.15. The summed E-state index contributed by atoms with van der Waals surface area (Å²) in [5, 5.41) is 4.30. The molecule has 1 rings (SSSR count). The Hall–Kier alpha value is -0.540. The summed E-state index contributed by atoms with van der Waals surface area (Å²) in [5.41, 5.74) is 1.21. The number of halogens is 1. The van der Waals surface area contributed by atoms with E-state index in [1.54, 1.807) is 12.1 Å². The van der Waals surface area contributed by atoms with Gasteiger partial charge in [0.1, 0.15) is 5.82 Å². The minimum Gasteiger partial charge on any atom is -0.313 e. The van der Waals surface area contributed by atoms with Crippen molar-refractivity contribution in [2.45, 2.75) is 51.3 Å². The van der Waals surface area contributed by atoms with Crippen molar-refractivity contribution >= 4 is 11.8 Å². The van der Waals surface area contributed by atoms with Crippen LogP contribution >= 0.6 is 11.8 Å². The number of hydrogen-bond donors (Lipinski definition) is 1. The molecule has 108 valence electrons. The number of hydrogen-bond acceptors (Lipinski definition) is 2. The van der Waals surface area contributed by atoms with Crippen molar-refractivity contribution < 1.29 is 4.39 Å². The fourth-order valence-electron chi connectivity index (χ4n) is 1.84. The lowest BCUT2D eigenvalue weighted by molar-refractivity contribution is 0.548. The van der Waals surface area contributed by atoms with Crippen LogP contribution in [0.25, 0.3) is 0 Å². The smallest absolute Gasteiger partial charge is 0.123 e. The first-order valence-electron chi connectivity index (χ1n) is 7.25. The van der Waals surface area contributed by atoms with Gasteiger partial charge < -0.3 is 5.32 Å². The van der Waals surface area contributed by atoms with Crippen LogP contribution < -0.4 is 5.32 Å². The third kappa shape index (κ3) is 6.98. The van der Waals surface area contributed by atoms with Gasteiger partial charge in [0.25, 0.3) is 0 Å². The molecule has 1 aromatic rings. The molecule has 0 aromatic heterocycles.